The van der Waals surface area contributed by atoms with Crippen molar-refractivity contribution in [3.8, 4) is 17.2 Å². The van der Waals surface area contributed by atoms with E-state index in [2.05, 4.69) is 0 Å². The van der Waals surface area contributed by atoms with E-state index in [0.717, 1.165) is 16.7 Å². The van der Waals surface area contributed by atoms with Gasteiger partial charge in [-0.15, -0.1) is 0 Å². The quantitative estimate of drug-likeness (QED) is 0.786. The van der Waals surface area contributed by atoms with Crippen LogP contribution in [0.2, 0.25) is 0 Å². The number of benzene rings is 2. The van der Waals surface area contributed by atoms with Gasteiger partial charge in [-0.05, 0) is 28.8 Å². The Morgan fingerprint density at radius 1 is 0.955 bits per heavy atom. The van der Waals surface area contributed by atoms with Crippen molar-refractivity contribution in [2.75, 3.05) is 0 Å². The van der Waals surface area contributed by atoms with Crippen LogP contribution < -0.4 is 0 Å². The highest BCUT2D eigenvalue weighted by molar-refractivity contribution is 5.68. The molecular formula is C19H15NO2. The summed E-state index contributed by atoms with van der Waals surface area (Å²) < 4.78 is 5.56. The Kier molecular flexibility index (Phi) is 4.04. The SMILES string of the molecule is N#CCc1ccc(C(O)c2ccccc2-c2ccccc2)o1. The van der Waals surface area contributed by atoms with Gasteiger partial charge in [0.1, 0.15) is 17.6 Å². The second-order valence-electron chi connectivity index (χ2n) is 4.99. The van der Waals surface area contributed by atoms with Gasteiger partial charge in [0.15, 0.2) is 0 Å². The first-order chi connectivity index (χ1) is 10.8. The van der Waals surface area contributed by atoms with Gasteiger partial charge in [0.05, 0.1) is 12.5 Å². The van der Waals surface area contributed by atoms with E-state index in [1.807, 2.05) is 60.7 Å². The van der Waals surface area contributed by atoms with E-state index in [-0.39, 0.29) is 6.42 Å². The molecule has 0 aliphatic heterocycles. The summed E-state index contributed by atoms with van der Waals surface area (Å²) in [4.78, 5) is 0. The number of hydrogen-bond donors (Lipinski definition) is 1. The van der Waals surface area contributed by atoms with Gasteiger partial charge in [0.2, 0.25) is 0 Å². The average Bonchev–Trinajstić information content (AvgIpc) is 3.04. The highest BCUT2D eigenvalue weighted by Crippen LogP contribution is 2.32. The molecule has 1 heterocycles. The van der Waals surface area contributed by atoms with E-state index >= 15 is 0 Å². The van der Waals surface area contributed by atoms with E-state index in [4.69, 9.17) is 9.68 Å². The van der Waals surface area contributed by atoms with E-state index in [0.29, 0.717) is 11.5 Å². The Morgan fingerprint density at radius 3 is 2.45 bits per heavy atom. The maximum atomic E-state index is 10.6. The zero-order valence-electron chi connectivity index (χ0n) is 11.9. The van der Waals surface area contributed by atoms with Crippen molar-refractivity contribution in [2.24, 2.45) is 0 Å². The van der Waals surface area contributed by atoms with Gasteiger partial charge >= 0.3 is 0 Å². The topological polar surface area (TPSA) is 57.2 Å². The summed E-state index contributed by atoms with van der Waals surface area (Å²) in [6.45, 7) is 0. The molecule has 1 atom stereocenters. The summed E-state index contributed by atoms with van der Waals surface area (Å²) in [7, 11) is 0. The molecule has 1 aromatic heterocycles. The summed E-state index contributed by atoms with van der Waals surface area (Å²) >= 11 is 0. The van der Waals surface area contributed by atoms with Crippen LogP contribution in [0.1, 0.15) is 23.2 Å². The van der Waals surface area contributed by atoms with Gasteiger partial charge in [-0.3, -0.25) is 0 Å². The van der Waals surface area contributed by atoms with Crippen molar-refractivity contribution in [1.29, 1.82) is 5.26 Å². The van der Waals surface area contributed by atoms with Gasteiger partial charge in [-0.25, -0.2) is 0 Å². The zero-order valence-corrected chi connectivity index (χ0v) is 11.9. The van der Waals surface area contributed by atoms with Crippen molar-refractivity contribution in [3.05, 3.63) is 83.8 Å². The number of furan rings is 1. The monoisotopic (exact) mass is 289 g/mol. The first-order valence-electron chi connectivity index (χ1n) is 7.07. The fourth-order valence-corrected chi connectivity index (χ4v) is 2.48. The minimum absolute atomic E-state index is 0.201. The van der Waals surface area contributed by atoms with Gasteiger partial charge in [0, 0.05) is 0 Å². The third kappa shape index (κ3) is 2.78. The van der Waals surface area contributed by atoms with E-state index in [1.54, 1.807) is 12.1 Å². The van der Waals surface area contributed by atoms with Crippen LogP contribution in [0.5, 0.6) is 0 Å². The first-order valence-corrected chi connectivity index (χ1v) is 7.07. The van der Waals surface area contributed by atoms with Gasteiger partial charge in [-0.2, -0.15) is 5.26 Å². The lowest BCUT2D eigenvalue weighted by atomic mass is 9.95. The number of rotatable bonds is 4. The number of nitrogens with zero attached hydrogens (tertiary/aromatic N) is 1. The molecule has 0 amide bonds. The van der Waals surface area contributed by atoms with Crippen molar-refractivity contribution in [3.63, 3.8) is 0 Å². The second-order valence-corrected chi connectivity index (χ2v) is 4.99. The van der Waals surface area contributed by atoms with E-state index in [1.165, 1.54) is 0 Å². The zero-order chi connectivity index (χ0) is 15.4. The van der Waals surface area contributed by atoms with Gasteiger partial charge in [0.25, 0.3) is 0 Å². The standard InChI is InChI=1S/C19H15NO2/c20-13-12-15-10-11-18(22-15)19(21)17-9-5-4-8-16(17)14-6-2-1-3-7-14/h1-11,19,21H,12H2. The van der Waals surface area contributed by atoms with Crippen LogP contribution >= 0.6 is 0 Å². The van der Waals surface area contributed by atoms with Crippen molar-refractivity contribution in [2.45, 2.75) is 12.5 Å². The molecule has 0 saturated heterocycles. The molecule has 0 aliphatic rings. The van der Waals surface area contributed by atoms with Crippen LogP contribution in [0, 0.1) is 11.3 Å². The van der Waals surface area contributed by atoms with Crippen LogP contribution in [0.3, 0.4) is 0 Å². The molecule has 3 rings (SSSR count). The summed E-state index contributed by atoms with van der Waals surface area (Å²) in [6, 6.07) is 23.1. The lowest BCUT2D eigenvalue weighted by molar-refractivity contribution is 0.188. The molecule has 3 aromatic rings. The van der Waals surface area contributed by atoms with E-state index < -0.39 is 6.10 Å². The third-order valence-electron chi connectivity index (χ3n) is 3.55. The number of nitriles is 1. The highest BCUT2D eigenvalue weighted by atomic mass is 16.4. The van der Waals surface area contributed by atoms with Crippen LogP contribution in [0.4, 0.5) is 0 Å². The van der Waals surface area contributed by atoms with Crippen LogP contribution in [0.25, 0.3) is 11.1 Å². The normalized spacial score (nSPS) is 11.8. The third-order valence-corrected chi connectivity index (χ3v) is 3.55. The highest BCUT2D eigenvalue weighted by Gasteiger charge is 2.18. The molecule has 0 fully saturated rings. The first kappa shape index (κ1) is 14.1. The minimum Gasteiger partial charge on any atom is -0.462 e. The Morgan fingerprint density at radius 2 is 1.68 bits per heavy atom. The Balaban J connectivity index is 1.99. The number of hydrogen-bond acceptors (Lipinski definition) is 3. The summed E-state index contributed by atoms with van der Waals surface area (Å²) in [5, 5.41) is 19.3. The maximum absolute atomic E-state index is 10.6. The largest absolute Gasteiger partial charge is 0.462 e. The molecule has 0 bridgehead atoms. The van der Waals surface area contributed by atoms with Gasteiger partial charge < -0.3 is 9.52 Å². The maximum Gasteiger partial charge on any atom is 0.137 e. The minimum atomic E-state index is -0.858. The summed E-state index contributed by atoms with van der Waals surface area (Å²) in [5.74, 6) is 1.02. The fourth-order valence-electron chi connectivity index (χ4n) is 2.48. The molecule has 1 unspecified atom stereocenters. The summed E-state index contributed by atoms with van der Waals surface area (Å²) in [6.07, 6.45) is -0.656. The average molecular weight is 289 g/mol. The molecule has 22 heavy (non-hydrogen) atoms. The predicted molar refractivity (Wildman–Crippen MR) is 84.0 cm³/mol. The molecule has 1 N–H and O–H groups in total. The molecule has 2 aromatic carbocycles. The second kappa shape index (κ2) is 6.30. The smallest absolute Gasteiger partial charge is 0.137 e. The molecule has 0 spiro atoms. The molecule has 3 heteroatoms. The van der Waals surface area contributed by atoms with Crippen molar-refractivity contribution in [1.82, 2.24) is 0 Å². The Labute approximate surface area is 129 Å². The van der Waals surface area contributed by atoms with E-state index in [9.17, 15) is 5.11 Å². The number of aliphatic hydroxyl groups is 1. The van der Waals surface area contributed by atoms with Crippen molar-refractivity contribution >= 4 is 0 Å². The van der Waals surface area contributed by atoms with Crippen molar-refractivity contribution < 1.29 is 9.52 Å². The molecule has 0 saturated carbocycles. The van der Waals surface area contributed by atoms with Crippen LogP contribution in [0.15, 0.2) is 71.1 Å². The Bertz CT molecular complexity index is 800. The molecule has 108 valence electrons. The predicted octanol–water partition coefficient (Wildman–Crippen LogP) is 4.09. The van der Waals surface area contributed by atoms with Crippen LogP contribution in [-0.2, 0) is 6.42 Å². The molecule has 3 nitrogen and oxygen atoms in total. The molecular weight excluding hydrogens is 274 g/mol. The van der Waals surface area contributed by atoms with Crippen LogP contribution in [-0.4, -0.2) is 5.11 Å². The summed E-state index contributed by atoms with van der Waals surface area (Å²) in [5.41, 5.74) is 2.79. The van der Waals surface area contributed by atoms with Gasteiger partial charge in [-0.1, -0.05) is 54.6 Å². The number of aliphatic hydroxyl groups excluding tert-OH is 1. The lowest BCUT2D eigenvalue weighted by Crippen LogP contribution is -2.00. The fraction of sp³-hybridized carbons (Fsp3) is 0.105. The Hall–Kier alpha value is -2.83. The molecule has 0 radical (unpaired) electrons. The lowest BCUT2D eigenvalue weighted by Gasteiger charge is -2.14. The molecule has 0 aliphatic carbocycles.